The van der Waals surface area contributed by atoms with Crippen LogP contribution in [-0.4, -0.2) is 58.3 Å². The molecule has 3 rings (SSSR count). The summed E-state index contributed by atoms with van der Waals surface area (Å²) in [6.07, 6.45) is 3.79. The predicted molar refractivity (Wildman–Crippen MR) is 131 cm³/mol. The molecule has 0 saturated heterocycles. The maximum Gasteiger partial charge on any atom is 0.341 e. The molecule has 10 heteroatoms. The predicted octanol–water partition coefficient (Wildman–Crippen LogP) is 4.01. The molecule has 0 saturated carbocycles. The standard InChI is InChI=1S/C23H28N2O6S.ClH/c1-6-31-23(27)20-15-9-10-25(2)13-18(15)32-22(20)24-19(26)8-7-14-11-16(28-3)21(30-5)17(12-14)29-4;/h7-8,11-12H,6,9-10,13H2,1-5H3,(H,24,26);1H/b8-7+;. The van der Waals surface area contributed by atoms with E-state index in [1.165, 1.54) is 38.7 Å². The molecule has 2 aromatic rings. The largest absolute Gasteiger partial charge is 0.493 e. The van der Waals surface area contributed by atoms with Crippen molar-refractivity contribution in [2.75, 3.05) is 46.8 Å². The van der Waals surface area contributed by atoms with E-state index >= 15 is 0 Å². The number of rotatable bonds is 8. The normalized spacial score (nSPS) is 13.1. The van der Waals surface area contributed by atoms with Crippen molar-refractivity contribution in [2.45, 2.75) is 19.9 Å². The fourth-order valence-corrected chi connectivity index (χ4v) is 4.88. The average molecular weight is 497 g/mol. The highest BCUT2D eigenvalue weighted by Gasteiger charge is 2.28. The van der Waals surface area contributed by atoms with Crippen LogP contribution in [-0.2, 0) is 22.5 Å². The number of fused-ring (bicyclic) bond motifs is 1. The molecule has 0 bridgehead atoms. The van der Waals surface area contributed by atoms with Crippen LogP contribution in [0.25, 0.3) is 6.08 Å². The van der Waals surface area contributed by atoms with Gasteiger partial charge in [-0.15, -0.1) is 23.7 Å². The molecule has 2 heterocycles. The maximum absolute atomic E-state index is 12.7. The number of carbonyl (C=O) groups is 2. The van der Waals surface area contributed by atoms with Crippen LogP contribution in [0.2, 0.25) is 0 Å². The third kappa shape index (κ3) is 5.98. The van der Waals surface area contributed by atoms with Crippen LogP contribution < -0.4 is 19.5 Å². The van der Waals surface area contributed by atoms with Gasteiger partial charge in [-0.1, -0.05) is 0 Å². The molecular formula is C23H29ClN2O6S. The first kappa shape index (κ1) is 26.5. The van der Waals surface area contributed by atoms with Crippen LogP contribution in [0.1, 0.15) is 33.3 Å². The number of nitrogens with one attached hydrogen (secondary N) is 1. The zero-order chi connectivity index (χ0) is 23.3. The van der Waals surface area contributed by atoms with Crippen LogP contribution in [0.15, 0.2) is 18.2 Å². The number of benzene rings is 1. The highest BCUT2D eigenvalue weighted by atomic mass is 35.5. The van der Waals surface area contributed by atoms with E-state index in [9.17, 15) is 9.59 Å². The van der Waals surface area contributed by atoms with Gasteiger partial charge in [-0.25, -0.2) is 4.79 Å². The zero-order valence-corrected chi connectivity index (χ0v) is 21.0. The second-order valence-corrected chi connectivity index (χ2v) is 8.30. The molecule has 0 spiro atoms. The molecular weight excluding hydrogens is 468 g/mol. The molecule has 1 aromatic heterocycles. The molecule has 0 atom stereocenters. The number of likely N-dealkylation sites (N-methyl/N-ethyl adjacent to an activating group) is 1. The van der Waals surface area contributed by atoms with Gasteiger partial charge in [0.15, 0.2) is 11.5 Å². The van der Waals surface area contributed by atoms with Crippen LogP contribution in [0, 0.1) is 0 Å². The summed E-state index contributed by atoms with van der Waals surface area (Å²) in [4.78, 5) is 28.5. The van der Waals surface area contributed by atoms with Gasteiger partial charge >= 0.3 is 5.97 Å². The summed E-state index contributed by atoms with van der Waals surface area (Å²) < 4.78 is 21.3. The molecule has 1 amide bonds. The number of anilines is 1. The highest BCUT2D eigenvalue weighted by molar-refractivity contribution is 7.17. The monoisotopic (exact) mass is 496 g/mol. The summed E-state index contributed by atoms with van der Waals surface area (Å²) in [6, 6.07) is 3.49. The van der Waals surface area contributed by atoms with E-state index in [1.54, 1.807) is 25.1 Å². The Morgan fingerprint density at radius 1 is 1.15 bits per heavy atom. The number of methoxy groups -OCH3 is 3. The molecule has 0 aliphatic carbocycles. The Balaban J connectivity index is 0.00000385. The van der Waals surface area contributed by atoms with E-state index in [4.69, 9.17) is 18.9 Å². The fraction of sp³-hybridized carbons (Fsp3) is 0.391. The summed E-state index contributed by atoms with van der Waals surface area (Å²) >= 11 is 1.42. The summed E-state index contributed by atoms with van der Waals surface area (Å²) in [5.41, 5.74) is 2.14. The topological polar surface area (TPSA) is 86.3 Å². The summed E-state index contributed by atoms with van der Waals surface area (Å²) in [7, 11) is 6.63. The van der Waals surface area contributed by atoms with Crippen LogP contribution in [0.5, 0.6) is 17.2 Å². The van der Waals surface area contributed by atoms with Crippen molar-refractivity contribution in [3.05, 3.63) is 39.8 Å². The second kappa shape index (κ2) is 11.9. The van der Waals surface area contributed by atoms with Crippen LogP contribution in [0.4, 0.5) is 5.00 Å². The quantitative estimate of drug-likeness (QED) is 0.436. The Bertz CT molecular complexity index is 1010. The molecule has 180 valence electrons. The molecule has 1 aliphatic rings. The summed E-state index contributed by atoms with van der Waals surface area (Å²) in [6.45, 7) is 3.63. The Labute approximate surface area is 203 Å². The van der Waals surface area contributed by atoms with Gasteiger partial charge in [-0.05, 0) is 49.7 Å². The van der Waals surface area contributed by atoms with E-state index < -0.39 is 5.97 Å². The van der Waals surface area contributed by atoms with Crippen molar-refractivity contribution in [3.63, 3.8) is 0 Å². The van der Waals surface area contributed by atoms with E-state index in [1.807, 2.05) is 7.05 Å². The van der Waals surface area contributed by atoms with E-state index in [0.717, 1.165) is 30.0 Å². The number of carbonyl (C=O) groups excluding carboxylic acids is 2. The van der Waals surface area contributed by atoms with Crippen LogP contribution >= 0.6 is 23.7 Å². The molecule has 1 aliphatic heterocycles. The molecule has 1 N–H and O–H groups in total. The third-order valence-corrected chi connectivity index (χ3v) is 6.21. The smallest absolute Gasteiger partial charge is 0.341 e. The number of halogens is 1. The molecule has 8 nitrogen and oxygen atoms in total. The van der Waals surface area contributed by atoms with E-state index in [-0.39, 0.29) is 24.9 Å². The van der Waals surface area contributed by atoms with Crippen LogP contribution in [0.3, 0.4) is 0 Å². The lowest BCUT2D eigenvalue weighted by molar-refractivity contribution is -0.111. The Morgan fingerprint density at radius 2 is 1.82 bits per heavy atom. The number of nitrogens with zero attached hydrogens (tertiary/aromatic N) is 1. The van der Waals surface area contributed by atoms with Gasteiger partial charge in [-0.3, -0.25) is 4.79 Å². The lowest BCUT2D eigenvalue weighted by atomic mass is 10.0. The Morgan fingerprint density at radius 3 is 2.39 bits per heavy atom. The van der Waals surface area contributed by atoms with E-state index in [2.05, 4.69) is 10.2 Å². The number of hydrogen-bond acceptors (Lipinski definition) is 8. The van der Waals surface area contributed by atoms with Crippen molar-refractivity contribution < 1.29 is 28.5 Å². The van der Waals surface area contributed by atoms with Gasteiger partial charge in [0.1, 0.15) is 5.00 Å². The first-order valence-corrected chi connectivity index (χ1v) is 11.0. The fourth-order valence-electron chi connectivity index (χ4n) is 3.56. The minimum Gasteiger partial charge on any atom is -0.493 e. The van der Waals surface area contributed by atoms with Crippen molar-refractivity contribution in [2.24, 2.45) is 0 Å². The zero-order valence-electron chi connectivity index (χ0n) is 19.4. The first-order chi connectivity index (χ1) is 15.4. The molecule has 33 heavy (non-hydrogen) atoms. The SMILES string of the molecule is CCOC(=O)c1c(NC(=O)/C=C/c2cc(OC)c(OC)c(OC)c2)sc2c1CCN(C)C2.Cl. The Kier molecular flexibility index (Phi) is 9.57. The Hall–Kier alpha value is -2.75. The van der Waals surface area contributed by atoms with Gasteiger partial charge in [0.05, 0.1) is 33.5 Å². The lowest BCUT2D eigenvalue weighted by Gasteiger charge is -2.22. The summed E-state index contributed by atoms with van der Waals surface area (Å²) in [5, 5.41) is 3.38. The number of esters is 1. The van der Waals surface area contributed by atoms with Crippen molar-refractivity contribution in [1.82, 2.24) is 4.90 Å². The highest BCUT2D eigenvalue weighted by Crippen LogP contribution is 2.39. The van der Waals surface area contributed by atoms with E-state index in [0.29, 0.717) is 33.4 Å². The number of amides is 1. The molecule has 0 radical (unpaired) electrons. The minimum absolute atomic E-state index is 0. The van der Waals surface area contributed by atoms with Gasteiger partial charge in [0.25, 0.3) is 0 Å². The van der Waals surface area contributed by atoms with Crippen molar-refractivity contribution >= 4 is 46.7 Å². The lowest BCUT2D eigenvalue weighted by Crippen LogP contribution is -2.26. The minimum atomic E-state index is -0.404. The number of ether oxygens (including phenoxy) is 4. The molecule has 0 fully saturated rings. The van der Waals surface area contributed by atoms with Crippen molar-refractivity contribution in [1.29, 1.82) is 0 Å². The molecule has 1 aromatic carbocycles. The first-order valence-electron chi connectivity index (χ1n) is 10.2. The summed E-state index contributed by atoms with van der Waals surface area (Å²) in [5.74, 6) is 0.706. The van der Waals surface area contributed by atoms with Gasteiger partial charge < -0.3 is 29.2 Å². The van der Waals surface area contributed by atoms with Gasteiger partial charge in [0.2, 0.25) is 11.7 Å². The van der Waals surface area contributed by atoms with Gasteiger partial charge in [0, 0.05) is 24.0 Å². The van der Waals surface area contributed by atoms with Gasteiger partial charge in [-0.2, -0.15) is 0 Å². The second-order valence-electron chi connectivity index (χ2n) is 7.20. The molecule has 0 unspecified atom stereocenters. The third-order valence-electron chi connectivity index (χ3n) is 5.08. The van der Waals surface area contributed by atoms with Crippen molar-refractivity contribution in [3.8, 4) is 17.2 Å². The number of hydrogen-bond donors (Lipinski definition) is 1. The number of thiophene rings is 1. The maximum atomic E-state index is 12.7. The average Bonchev–Trinajstić information content (AvgIpc) is 3.13.